The van der Waals surface area contributed by atoms with E-state index < -0.39 is 0 Å². The minimum Gasteiger partial charge on any atom is -0.378 e. The largest absolute Gasteiger partial charge is 0.378 e. The molecule has 1 saturated heterocycles. The Morgan fingerprint density at radius 2 is 1.96 bits per heavy atom. The molecule has 0 spiro atoms. The zero-order chi connectivity index (χ0) is 18.5. The van der Waals surface area contributed by atoms with Crippen LogP contribution in [0.5, 0.6) is 0 Å². The van der Waals surface area contributed by atoms with Gasteiger partial charge in [0.05, 0.1) is 11.5 Å². The maximum Gasteiger partial charge on any atom is 0.239 e. The summed E-state index contributed by atoms with van der Waals surface area (Å²) in [5, 5.41) is 11.4. The van der Waals surface area contributed by atoms with Crippen molar-refractivity contribution in [3.05, 3.63) is 65.2 Å². The Kier molecular flexibility index (Phi) is 5.73. The van der Waals surface area contributed by atoms with Crippen LogP contribution < -0.4 is 10.2 Å². The summed E-state index contributed by atoms with van der Waals surface area (Å²) in [4.78, 5) is 14.2. The van der Waals surface area contributed by atoms with E-state index in [9.17, 15) is 4.79 Å². The van der Waals surface area contributed by atoms with Crippen molar-refractivity contribution in [1.29, 1.82) is 0 Å². The second kappa shape index (κ2) is 8.19. The van der Waals surface area contributed by atoms with Crippen molar-refractivity contribution in [2.24, 2.45) is 10.2 Å². The lowest BCUT2D eigenvalue weighted by Crippen LogP contribution is -2.25. The van der Waals surface area contributed by atoms with Crippen molar-refractivity contribution < 1.29 is 4.79 Å². The van der Waals surface area contributed by atoms with E-state index in [1.54, 1.807) is 6.21 Å². The topological polar surface area (TPSA) is 57.1 Å². The van der Waals surface area contributed by atoms with Crippen molar-refractivity contribution in [3.8, 4) is 0 Å². The van der Waals surface area contributed by atoms with Crippen LogP contribution in [0, 0.1) is 6.92 Å². The Morgan fingerprint density at radius 1 is 1.19 bits per heavy atom. The summed E-state index contributed by atoms with van der Waals surface area (Å²) in [6, 6.07) is 16.3. The number of aryl methyl sites for hydroxylation is 1. The van der Waals surface area contributed by atoms with Gasteiger partial charge in [0.1, 0.15) is 0 Å². The number of amides is 1. The van der Waals surface area contributed by atoms with Crippen LogP contribution >= 0.6 is 11.8 Å². The zero-order valence-corrected chi connectivity index (χ0v) is 16.0. The highest BCUT2D eigenvalue weighted by atomic mass is 32.2. The van der Waals surface area contributed by atoms with Crippen molar-refractivity contribution in [2.75, 3.05) is 19.0 Å². The fourth-order valence-corrected chi connectivity index (χ4v) is 3.61. The predicted octanol–water partition coefficient (Wildman–Crippen LogP) is 3.23. The molecule has 134 valence electrons. The normalized spacial score (nSPS) is 18.5. The predicted molar refractivity (Wildman–Crippen MR) is 110 cm³/mol. The standard InChI is InChI=1S/C20H22N4OS/c1-14-5-4-6-16(11-14)12-18-19(25)22-20(26-18)23-21-13-15-7-9-17(10-8-15)24(2)3/h4-11,13,18H,12H2,1-3H3,(H,22,23,25)/b21-13-. The highest BCUT2D eigenvalue weighted by Crippen LogP contribution is 2.23. The lowest BCUT2D eigenvalue weighted by atomic mass is 10.1. The van der Waals surface area contributed by atoms with Gasteiger partial charge in [0.2, 0.25) is 5.91 Å². The van der Waals surface area contributed by atoms with E-state index in [2.05, 4.69) is 34.6 Å². The molecule has 1 atom stereocenters. The molecule has 1 amide bonds. The molecule has 1 aliphatic heterocycles. The summed E-state index contributed by atoms with van der Waals surface area (Å²) in [5.74, 6) is -0.0132. The number of anilines is 1. The maximum absolute atomic E-state index is 12.1. The van der Waals surface area contributed by atoms with Gasteiger partial charge >= 0.3 is 0 Å². The molecule has 1 aliphatic rings. The van der Waals surface area contributed by atoms with Crippen LogP contribution in [-0.2, 0) is 11.2 Å². The highest BCUT2D eigenvalue weighted by Gasteiger charge is 2.30. The molecule has 0 radical (unpaired) electrons. The minimum atomic E-state index is -0.162. The number of amidine groups is 1. The third-order valence-corrected chi connectivity index (χ3v) is 5.12. The van der Waals surface area contributed by atoms with Crippen LogP contribution in [0.1, 0.15) is 16.7 Å². The SMILES string of the molecule is Cc1cccc(CC2S/C(=N\N=C/c3ccc(N(C)C)cc3)NC2=O)c1. The summed E-state index contributed by atoms with van der Waals surface area (Å²) >= 11 is 1.43. The third-order valence-electron chi connectivity index (χ3n) is 4.04. The summed E-state index contributed by atoms with van der Waals surface area (Å²) < 4.78 is 0. The van der Waals surface area contributed by atoms with E-state index in [4.69, 9.17) is 0 Å². The number of carbonyl (C=O) groups is 1. The van der Waals surface area contributed by atoms with Gasteiger partial charge in [-0.25, -0.2) is 0 Å². The average Bonchev–Trinajstić information content (AvgIpc) is 2.95. The lowest BCUT2D eigenvalue weighted by Gasteiger charge is -2.11. The first-order chi connectivity index (χ1) is 12.5. The van der Waals surface area contributed by atoms with E-state index in [-0.39, 0.29) is 11.2 Å². The fourth-order valence-electron chi connectivity index (χ4n) is 2.65. The van der Waals surface area contributed by atoms with Gasteiger partial charge in [-0.3, -0.25) is 4.79 Å². The molecule has 1 heterocycles. The molecule has 1 N–H and O–H groups in total. The number of rotatable bonds is 5. The highest BCUT2D eigenvalue weighted by molar-refractivity contribution is 8.15. The monoisotopic (exact) mass is 366 g/mol. The first-order valence-corrected chi connectivity index (χ1v) is 9.31. The molecule has 0 saturated carbocycles. The molecule has 6 heteroatoms. The van der Waals surface area contributed by atoms with Crippen LogP contribution in [0.25, 0.3) is 0 Å². The van der Waals surface area contributed by atoms with E-state index in [0.717, 1.165) is 16.8 Å². The second-order valence-electron chi connectivity index (χ2n) is 6.42. The summed E-state index contributed by atoms with van der Waals surface area (Å²) in [6.45, 7) is 2.05. The number of nitrogens with zero attached hydrogens (tertiary/aromatic N) is 3. The molecule has 3 rings (SSSR count). The Labute approximate surface area is 158 Å². The van der Waals surface area contributed by atoms with Gasteiger partial charge in [0.25, 0.3) is 0 Å². The minimum absolute atomic E-state index is 0.0132. The molecular formula is C20H22N4OS. The van der Waals surface area contributed by atoms with Crippen molar-refractivity contribution in [2.45, 2.75) is 18.6 Å². The Hall–Kier alpha value is -2.60. The smallest absolute Gasteiger partial charge is 0.239 e. The quantitative estimate of drug-likeness (QED) is 0.653. The molecule has 1 fully saturated rings. The number of thioether (sulfide) groups is 1. The van der Waals surface area contributed by atoms with E-state index in [1.165, 1.54) is 17.3 Å². The third kappa shape index (κ3) is 4.73. The van der Waals surface area contributed by atoms with Crippen LogP contribution in [0.4, 0.5) is 5.69 Å². The molecular weight excluding hydrogens is 344 g/mol. The number of hydrogen-bond donors (Lipinski definition) is 1. The molecule has 0 bridgehead atoms. The molecule has 2 aromatic rings. The average molecular weight is 366 g/mol. The number of hydrogen-bond acceptors (Lipinski definition) is 5. The Morgan fingerprint density at radius 3 is 2.65 bits per heavy atom. The first-order valence-electron chi connectivity index (χ1n) is 8.43. The fraction of sp³-hybridized carbons (Fsp3) is 0.250. The summed E-state index contributed by atoms with van der Waals surface area (Å²) in [6.07, 6.45) is 2.37. The molecule has 2 aromatic carbocycles. The van der Waals surface area contributed by atoms with Gasteiger partial charge in [0, 0.05) is 19.8 Å². The number of carbonyl (C=O) groups excluding carboxylic acids is 1. The van der Waals surface area contributed by atoms with Crippen LogP contribution in [-0.4, -0.2) is 36.6 Å². The van der Waals surface area contributed by atoms with Gasteiger partial charge in [0.15, 0.2) is 5.17 Å². The molecule has 26 heavy (non-hydrogen) atoms. The molecule has 5 nitrogen and oxygen atoms in total. The molecule has 1 unspecified atom stereocenters. The second-order valence-corrected chi connectivity index (χ2v) is 7.62. The van der Waals surface area contributed by atoms with Gasteiger partial charge in [-0.05, 0) is 36.6 Å². The van der Waals surface area contributed by atoms with Crippen LogP contribution in [0.15, 0.2) is 58.7 Å². The van der Waals surface area contributed by atoms with E-state index in [0.29, 0.717) is 11.6 Å². The van der Waals surface area contributed by atoms with Gasteiger partial charge in [-0.15, -0.1) is 5.10 Å². The number of nitrogens with one attached hydrogen (secondary N) is 1. The Bertz CT molecular complexity index is 843. The van der Waals surface area contributed by atoms with Crippen molar-refractivity contribution >= 4 is 34.7 Å². The van der Waals surface area contributed by atoms with Crippen molar-refractivity contribution in [3.63, 3.8) is 0 Å². The van der Waals surface area contributed by atoms with Gasteiger partial charge in [-0.1, -0.05) is 53.7 Å². The van der Waals surface area contributed by atoms with Crippen LogP contribution in [0.2, 0.25) is 0 Å². The summed E-state index contributed by atoms with van der Waals surface area (Å²) in [7, 11) is 4.00. The molecule has 0 aliphatic carbocycles. The Balaban J connectivity index is 1.60. The maximum atomic E-state index is 12.1. The number of benzene rings is 2. The van der Waals surface area contributed by atoms with E-state index >= 15 is 0 Å². The van der Waals surface area contributed by atoms with Gasteiger partial charge < -0.3 is 10.2 Å². The zero-order valence-electron chi connectivity index (χ0n) is 15.1. The van der Waals surface area contributed by atoms with Crippen LogP contribution in [0.3, 0.4) is 0 Å². The van der Waals surface area contributed by atoms with Gasteiger partial charge in [-0.2, -0.15) is 5.10 Å². The van der Waals surface area contributed by atoms with E-state index in [1.807, 2.05) is 55.4 Å². The van der Waals surface area contributed by atoms with Crippen molar-refractivity contribution in [1.82, 2.24) is 5.32 Å². The summed E-state index contributed by atoms with van der Waals surface area (Å²) in [5.41, 5.74) is 4.45. The molecule has 0 aromatic heterocycles. The first kappa shape index (κ1) is 18.2. The lowest BCUT2D eigenvalue weighted by molar-refractivity contribution is -0.118.